The monoisotopic (exact) mass is 366 g/mol. The molecule has 2 aromatic carbocycles. The maximum absolute atomic E-state index is 12.3. The Bertz CT molecular complexity index is 893. The highest BCUT2D eigenvalue weighted by Gasteiger charge is 2.14. The molecule has 0 aliphatic rings. The molecule has 0 atom stereocenters. The van der Waals surface area contributed by atoms with Gasteiger partial charge in [0.25, 0.3) is 15.9 Å². The molecule has 0 aromatic heterocycles. The SMILES string of the molecule is C=C(C)S(=O)(=O)Nc1cc(O)cc(C(=O)Nc2ccc(Cl)cc2)c1. The highest BCUT2D eigenvalue weighted by atomic mass is 35.5. The van der Waals surface area contributed by atoms with Gasteiger partial charge in [-0.3, -0.25) is 9.52 Å². The number of hydrogen-bond acceptors (Lipinski definition) is 4. The molecule has 0 saturated carbocycles. The van der Waals surface area contributed by atoms with Crippen LogP contribution in [0.4, 0.5) is 11.4 Å². The number of carbonyl (C=O) groups excluding carboxylic acids is 1. The van der Waals surface area contributed by atoms with Crippen LogP contribution in [0.15, 0.2) is 53.9 Å². The third kappa shape index (κ3) is 4.50. The Morgan fingerprint density at radius 1 is 1.12 bits per heavy atom. The first-order valence-corrected chi connectivity index (χ1v) is 8.63. The van der Waals surface area contributed by atoms with Gasteiger partial charge in [-0.25, -0.2) is 8.42 Å². The van der Waals surface area contributed by atoms with E-state index in [-0.39, 0.29) is 21.9 Å². The van der Waals surface area contributed by atoms with E-state index < -0.39 is 15.9 Å². The third-order valence-electron chi connectivity index (χ3n) is 2.99. The number of amides is 1. The minimum Gasteiger partial charge on any atom is -0.508 e. The number of phenolic OH excluding ortho intramolecular Hbond substituents is 1. The first-order valence-electron chi connectivity index (χ1n) is 6.77. The lowest BCUT2D eigenvalue weighted by atomic mass is 10.1. The topological polar surface area (TPSA) is 95.5 Å². The van der Waals surface area contributed by atoms with Crippen molar-refractivity contribution >= 4 is 38.9 Å². The lowest BCUT2D eigenvalue weighted by molar-refractivity contribution is 0.102. The molecule has 2 rings (SSSR count). The number of nitrogens with one attached hydrogen (secondary N) is 2. The molecule has 0 spiro atoms. The Hall–Kier alpha value is -2.51. The zero-order chi connectivity index (χ0) is 17.9. The molecule has 1 amide bonds. The van der Waals surface area contributed by atoms with Crippen molar-refractivity contribution in [2.75, 3.05) is 10.0 Å². The van der Waals surface area contributed by atoms with Gasteiger partial charge in [0.1, 0.15) is 5.75 Å². The van der Waals surface area contributed by atoms with E-state index in [2.05, 4.69) is 16.6 Å². The lowest BCUT2D eigenvalue weighted by Gasteiger charge is -2.10. The molecule has 0 saturated heterocycles. The molecule has 0 bridgehead atoms. The number of hydrogen-bond donors (Lipinski definition) is 3. The molecular weight excluding hydrogens is 352 g/mol. The van der Waals surface area contributed by atoms with Crippen molar-refractivity contribution < 1.29 is 18.3 Å². The molecular formula is C16H15ClN2O4S. The maximum Gasteiger partial charge on any atom is 0.257 e. The van der Waals surface area contributed by atoms with E-state index in [0.717, 1.165) is 0 Å². The fourth-order valence-electron chi connectivity index (χ4n) is 1.78. The van der Waals surface area contributed by atoms with Gasteiger partial charge in [0.05, 0.1) is 10.6 Å². The van der Waals surface area contributed by atoms with E-state index in [9.17, 15) is 18.3 Å². The van der Waals surface area contributed by atoms with Crippen molar-refractivity contribution in [1.82, 2.24) is 0 Å². The van der Waals surface area contributed by atoms with Crippen molar-refractivity contribution in [2.24, 2.45) is 0 Å². The summed E-state index contributed by atoms with van der Waals surface area (Å²) in [6.45, 7) is 4.70. The van der Waals surface area contributed by atoms with Gasteiger partial charge < -0.3 is 10.4 Å². The summed E-state index contributed by atoms with van der Waals surface area (Å²) < 4.78 is 25.9. The summed E-state index contributed by atoms with van der Waals surface area (Å²) in [7, 11) is -3.78. The van der Waals surface area contributed by atoms with Crippen LogP contribution in [0.1, 0.15) is 17.3 Å². The molecule has 0 aliphatic heterocycles. The number of rotatable bonds is 5. The Morgan fingerprint density at radius 2 is 1.75 bits per heavy atom. The standard InChI is InChI=1S/C16H15ClN2O4S/c1-10(2)24(22,23)19-14-7-11(8-15(20)9-14)16(21)18-13-5-3-12(17)4-6-13/h3-9,19-20H,1H2,2H3,(H,18,21). The molecule has 126 valence electrons. The number of halogens is 1. The van der Waals surface area contributed by atoms with Gasteiger partial charge in [-0.1, -0.05) is 18.2 Å². The molecule has 0 radical (unpaired) electrons. The minimum atomic E-state index is -3.78. The molecule has 24 heavy (non-hydrogen) atoms. The second-order valence-corrected chi connectivity index (χ2v) is 7.38. The Labute approximate surface area is 144 Å². The van der Waals surface area contributed by atoms with Crippen LogP contribution in [0, 0.1) is 0 Å². The molecule has 0 aliphatic carbocycles. The fraction of sp³-hybridized carbons (Fsp3) is 0.0625. The van der Waals surface area contributed by atoms with Crippen LogP contribution in [0.5, 0.6) is 5.75 Å². The number of allylic oxidation sites excluding steroid dienone is 1. The van der Waals surface area contributed by atoms with Crippen molar-refractivity contribution in [3.63, 3.8) is 0 Å². The van der Waals surface area contributed by atoms with Gasteiger partial charge in [-0.2, -0.15) is 0 Å². The van der Waals surface area contributed by atoms with Crippen LogP contribution in [0.3, 0.4) is 0 Å². The molecule has 6 nitrogen and oxygen atoms in total. The smallest absolute Gasteiger partial charge is 0.257 e. The van der Waals surface area contributed by atoms with Gasteiger partial charge in [0, 0.05) is 22.3 Å². The summed E-state index contributed by atoms with van der Waals surface area (Å²) in [5.41, 5.74) is 0.653. The van der Waals surface area contributed by atoms with E-state index in [1.54, 1.807) is 24.3 Å². The summed E-state index contributed by atoms with van der Waals surface area (Å²) in [6.07, 6.45) is 0. The largest absolute Gasteiger partial charge is 0.508 e. The predicted molar refractivity (Wildman–Crippen MR) is 94.9 cm³/mol. The molecule has 0 unspecified atom stereocenters. The van der Waals surface area contributed by atoms with Crippen LogP contribution < -0.4 is 10.0 Å². The molecule has 0 heterocycles. The van der Waals surface area contributed by atoms with Crippen LogP contribution in [-0.4, -0.2) is 19.4 Å². The van der Waals surface area contributed by atoms with Crippen LogP contribution >= 0.6 is 11.6 Å². The summed E-state index contributed by atoms with van der Waals surface area (Å²) in [6, 6.07) is 10.2. The normalized spacial score (nSPS) is 10.9. The van der Waals surface area contributed by atoms with Crippen molar-refractivity contribution in [1.29, 1.82) is 0 Å². The van der Waals surface area contributed by atoms with Crippen molar-refractivity contribution in [2.45, 2.75) is 6.92 Å². The highest BCUT2D eigenvalue weighted by molar-refractivity contribution is 7.96. The predicted octanol–water partition coefficient (Wildman–Crippen LogP) is 3.57. The lowest BCUT2D eigenvalue weighted by Crippen LogP contribution is -2.15. The van der Waals surface area contributed by atoms with E-state index in [1.807, 2.05) is 0 Å². The number of anilines is 2. The number of aromatic hydroxyl groups is 1. The summed E-state index contributed by atoms with van der Waals surface area (Å²) >= 11 is 5.78. The summed E-state index contributed by atoms with van der Waals surface area (Å²) in [5, 5.41) is 12.9. The Morgan fingerprint density at radius 3 is 2.33 bits per heavy atom. The second-order valence-electron chi connectivity index (χ2n) is 5.04. The van der Waals surface area contributed by atoms with Crippen LogP contribution in [0.25, 0.3) is 0 Å². The number of phenols is 1. The van der Waals surface area contributed by atoms with Gasteiger partial charge in [-0.15, -0.1) is 0 Å². The Kier molecular flexibility index (Phi) is 5.16. The molecule has 8 heteroatoms. The van der Waals surface area contributed by atoms with E-state index >= 15 is 0 Å². The fourth-order valence-corrected chi connectivity index (χ4v) is 2.51. The number of benzene rings is 2. The maximum atomic E-state index is 12.3. The highest BCUT2D eigenvalue weighted by Crippen LogP contribution is 2.23. The van der Waals surface area contributed by atoms with Gasteiger partial charge in [0.2, 0.25) is 0 Å². The second kappa shape index (κ2) is 6.94. The number of carbonyl (C=O) groups is 1. The van der Waals surface area contributed by atoms with Crippen molar-refractivity contribution in [3.05, 3.63) is 64.5 Å². The van der Waals surface area contributed by atoms with Gasteiger partial charge in [-0.05, 0) is 43.3 Å². The first-order chi connectivity index (χ1) is 11.2. The first kappa shape index (κ1) is 17.8. The Balaban J connectivity index is 2.25. The van der Waals surface area contributed by atoms with E-state index in [4.69, 9.17) is 11.6 Å². The van der Waals surface area contributed by atoms with E-state index in [1.165, 1.54) is 25.1 Å². The zero-order valence-electron chi connectivity index (χ0n) is 12.7. The molecule has 2 aromatic rings. The van der Waals surface area contributed by atoms with Crippen LogP contribution in [0.2, 0.25) is 5.02 Å². The summed E-state index contributed by atoms with van der Waals surface area (Å²) in [5.74, 6) is -0.762. The zero-order valence-corrected chi connectivity index (χ0v) is 14.3. The minimum absolute atomic E-state index is 0.0549. The van der Waals surface area contributed by atoms with Gasteiger partial charge in [0.15, 0.2) is 0 Å². The third-order valence-corrected chi connectivity index (χ3v) is 4.67. The van der Waals surface area contributed by atoms with E-state index in [0.29, 0.717) is 10.7 Å². The number of sulfonamides is 1. The van der Waals surface area contributed by atoms with Crippen molar-refractivity contribution in [3.8, 4) is 5.75 Å². The molecule has 3 N–H and O–H groups in total. The molecule has 0 fully saturated rings. The quantitative estimate of drug-likeness (QED) is 0.753. The summed E-state index contributed by atoms with van der Waals surface area (Å²) in [4.78, 5) is 12.2. The van der Waals surface area contributed by atoms with Crippen LogP contribution in [-0.2, 0) is 10.0 Å². The average molecular weight is 367 g/mol. The average Bonchev–Trinajstić information content (AvgIpc) is 2.48. The van der Waals surface area contributed by atoms with Gasteiger partial charge >= 0.3 is 0 Å².